The fraction of sp³-hybridized carbons (Fsp3) is 0.0556. The summed E-state index contributed by atoms with van der Waals surface area (Å²) in [6.07, 6.45) is 1.80. The van der Waals surface area contributed by atoms with Crippen molar-refractivity contribution in [2.24, 2.45) is 7.05 Å². The Morgan fingerprint density at radius 1 is 0.857 bits per heavy atom. The summed E-state index contributed by atoms with van der Waals surface area (Å²) in [4.78, 5) is 0. The normalized spacial score (nSPS) is 9.95. The smallest absolute Gasteiger partial charge is 0.113 e. The highest BCUT2D eigenvalue weighted by atomic mass is 15.2. The Bertz CT molecular complexity index is 803. The van der Waals surface area contributed by atoms with Gasteiger partial charge in [0.1, 0.15) is 7.85 Å². The number of rotatable bonds is 1. The summed E-state index contributed by atoms with van der Waals surface area (Å²) in [5.41, 5.74) is 4.92. The molecule has 2 radical (unpaired) electrons. The zero-order valence-electron chi connectivity index (χ0n) is 11.7. The first-order valence-electron chi connectivity index (χ1n) is 6.68. The average Bonchev–Trinajstić information content (AvgIpc) is 2.93. The molecule has 0 amide bonds. The first kappa shape index (κ1) is 13.3. The van der Waals surface area contributed by atoms with Crippen LogP contribution in [0, 0.1) is 11.8 Å². The van der Waals surface area contributed by atoms with E-state index in [1.54, 1.807) is 6.20 Å². The molecule has 0 aliphatic carbocycles. The monoisotopic (exact) mass is 268 g/mol. The van der Waals surface area contributed by atoms with Crippen molar-refractivity contribution in [1.82, 2.24) is 9.78 Å². The molecule has 0 fully saturated rings. The Morgan fingerprint density at radius 2 is 1.43 bits per heavy atom. The largest absolute Gasteiger partial charge is 0.268 e. The Kier molecular flexibility index (Phi) is 3.62. The minimum atomic E-state index is 0.751. The third kappa shape index (κ3) is 3.06. The molecular formula is C18H13BN2. The fourth-order valence-corrected chi connectivity index (χ4v) is 2.09. The molecule has 0 saturated carbocycles. The van der Waals surface area contributed by atoms with E-state index in [1.807, 2.05) is 54.2 Å². The van der Waals surface area contributed by atoms with Crippen LogP contribution in [0.4, 0.5) is 0 Å². The van der Waals surface area contributed by atoms with E-state index in [9.17, 15) is 0 Å². The summed E-state index contributed by atoms with van der Waals surface area (Å²) in [6, 6.07) is 17.7. The van der Waals surface area contributed by atoms with E-state index in [2.05, 4.69) is 29.1 Å². The number of nitrogens with zero attached hydrogens (tertiary/aromatic N) is 2. The van der Waals surface area contributed by atoms with Crippen LogP contribution in [0.5, 0.6) is 0 Å². The molecule has 2 aromatic carbocycles. The lowest BCUT2D eigenvalue weighted by atomic mass is 9.95. The highest BCUT2D eigenvalue weighted by Crippen LogP contribution is 2.18. The van der Waals surface area contributed by atoms with Crippen LogP contribution in [0.15, 0.2) is 60.8 Å². The highest BCUT2D eigenvalue weighted by Gasteiger charge is 2.01. The summed E-state index contributed by atoms with van der Waals surface area (Å²) in [6.45, 7) is 0. The standard InChI is InChI=1S/C18H13BN2/c1-21-18(12-13-20-21)16-8-4-14(5-9-16)2-3-15-6-10-17(19)11-7-15/h4-13H,1H3. The molecule has 3 aromatic rings. The van der Waals surface area contributed by atoms with E-state index >= 15 is 0 Å². The number of hydrogen-bond donors (Lipinski definition) is 0. The van der Waals surface area contributed by atoms with Crippen molar-refractivity contribution < 1.29 is 0 Å². The maximum absolute atomic E-state index is 5.65. The quantitative estimate of drug-likeness (QED) is 0.489. The van der Waals surface area contributed by atoms with Crippen molar-refractivity contribution in [3.05, 3.63) is 71.9 Å². The second-order valence-corrected chi connectivity index (χ2v) is 4.79. The number of aryl methyl sites for hydroxylation is 1. The van der Waals surface area contributed by atoms with Gasteiger partial charge in [-0.1, -0.05) is 41.6 Å². The molecular weight excluding hydrogens is 255 g/mol. The second-order valence-electron chi connectivity index (χ2n) is 4.79. The highest BCUT2D eigenvalue weighted by molar-refractivity contribution is 6.32. The van der Waals surface area contributed by atoms with Gasteiger partial charge in [0.25, 0.3) is 0 Å². The summed E-state index contributed by atoms with van der Waals surface area (Å²) in [5, 5.41) is 4.18. The lowest BCUT2D eigenvalue weighted by molar-refractivity contribution is 0.776. The zero-order valence-corrected chi connectivity index (χ0v) is 11.7. The first-order chi connectivity index (χ1) is 10.2. The van der Waals surface area contributed by atoms with Crippen LogP contribution in [-0.2, 0) is 7.05 Å². The molecule has 0 saturated heterocycles. The summed E-state index contributed by atoms with van der Waals surface area (Å²) < 4.78 is 1.86. The van der Waals surface area contributed by atoms with E-state index in [-0.39, 0.29) is 0 Å². The molecule has 1 aromatic heterocycles. The Hall–Kier alpha value is -2.73. The summed E-state index contributed by atoms with van der Waals surface area (Å²) in [7, 11) is 7.59. The molecule has 0 aliphatic rings. The Balaban J connectivity index is 1.82. The van der Waals surface area contributed by atoms with Crippen molar-refractivity contribution in [3.63, 3.8) is 0 Å². The Labute approximate surface area is 125 Å². The van der Waals surface area contributed by atoms with Gasteiger partial charge in [-0.25, -0.2) is 0 Å². The third-order valence-corrected chi connectivity index (χ3v) is 3.26. The van der Waals surface area contributed by atoms with Gasteiger partial charge in [-0.3, -0.25) is 4.68 Å². The van der Waals surface area contributed by atoms with Crippen LogP contribution in [0.2, 0.25) is 0 Å². The molecule has 21 heavy (non-hydrogen) atoms. The fourth-order valence-electron chi connectivity index (χ4n) is 2.09. The SMILES string of the molecule is [B]c1ccc(C#Cc2ccc(-c3ccnn3C)cc2)cc1. The molecule has 0 unspecified atom stereocenters. The topological polar surface area (TPSA) is 17.8 Å². The van der Waals surface area contributed by atoms with Gasteiger partial charge < -0.3 is 0 Å². The molecule has 0 bridgehead atoms. The predicted molar refractivity (Wildman–Crippen MR) is 86.5 cm³/mol. The van der Waals surface area contributed by atoms with Gasteiger partial charge in [0.15, 0.2) is 0 Å². The molecule has 0 atom stereocenters. The van der Waals surface area contributed by atoms with E-state index in [0.717, 1.165) is 27.8 Å². The van der Waals surface area contributed by atoms with Crippen LogP contribution in [-0.4, -0.2) is 17.6 Å². The molecule has 0 N–H and O–H groups in total. The van der Waals surface area contributed by atoms with Gasteiger partial charge in [0.2, 0.25) is 0 Å². The molecule has 0 aliphatic heterocycles. The van der Waals surface area contributed by atoms with Crippen LogP contribution in [0.25, 0.3) is 11.3 Å². The van der Waals surface area contributed by atoms with Gasteiger partial charge in [-0.15, -0.1) is 0 Å². The van der Waals surface area contributed by atoms with Crippen molar-refractivity contribution in [2.45, 2.75) is 0 Å². The van der Waals surface area contributed by atoms with Crippen LogP contribution in [0.1, 0.15) is 11.1 Å². The van der Waals surface area contributed by atoms with Gasteiger partial charge in [0, 0.05) is 24.4 Å². The van der Waals surface area contributed by atoms with Gasteiger partial charge in [0.05, 0.1) is 5.69 Å². The van der Waals surface area contributed by atoms with Crippen LogP contribution < -0.4 is 5.46 Å². The van der Waals surface area contributed by atoms with E-state index in [0.29, 0.717) is 0 Å². The maximum Gasteiger partial charge on any atom is 0.113 e. The number of aromatic nitrogens is 2. The maximum atomic E-state index is 5.65. The summed E-state index contributed by atoms with van der Waals surface area (Å²) >= 11 is 0. The second kappa shape index (κ2) is 5.72. The van der Waals surface area contributed by atoms with E-state index in [4.69, 9.17) is 7.85 Å². The van der Waals surface area contributed by atoms with E-state index < -0.39 is 0 Å². The molecule has 3 rings (SSSR count). The number of hydrogen-bond acceptors (Lipinski definition) is 1. The molecule has 2 nitrogen and oxygen atoms in total. The van der Waals surface area contributed by atoms with Crippen molar-refractivity contribution >= 4 is 13.3 Å². The van der Waals surface area contributed by atoms with Gasteiger partial charge in [-0.2, -0.15) is 5.10 Å². The lowest BCUT2D eigenvalue weighted by Gasteiger charge is -2.01. The molecule has 98 valence electrons. The van der Waals surface area contributed by atoms with Crippen molar-refractivity contribution in [1.29, 1.82) is 0 Å². The average molecular weight is 268 g/mol. The Morgan fingerprint density at radius 3 is 1.95 bits per heavy atom. The number of benzene rings is 2. The predicted octanol–water partition coefficient (Wildman–Crippen LogP) is 2.28. The third-order valence-electron chi connectivity index (χ3n) is 3.26. The molecule has 0 spiro atoms. The van der Waals surface area contributed by atoms with Crippen molar-refractivity contribution in [2.75, 3.05) is 0 Å². The lowest BCUT2D eigenvalue weighted by Crippen LogP contribution is -1.99. The van der Waals surface area contributed by atoms with Crippen LogP contribution >= 0.6 is 0 Å². The minimum absolute atomic E-state index is 0.751. The zero-order chi connectivity index (χ0) is 14.7. The molecule has 3 heteroatoms. The van der Waals surface area contributed by atoms with Crippen molar-refractivity contribution in [3.8, 4) is 23.1 Å². The van der Waals surface area contributed by atoms with E-state index in [1.165, 1.54) is 0 Å². The minimum Gasteiger partial charge on any atom is -0.268 e. The van der Waals surface area contributed by atoms with Gasteiger partial charge in [-0.05, 0) is 35.9 Å². The molecule has 1 heterocycles. The summed E-state index contributed by atoms with van der Waals surface area (Å²) in [5.74, 6) is 6.28. The first-order valence-corrected chi connectivity index (χ1v) is 6.68. The van der Waals surface area contributed by atoms with Gasteiger partial charge >= 0.3 is 0 Å². The van der Waals surface area contributed by atoms with Crippen LogP contribution in [0.3, 0.4) is 0 Å².